The Kier molecular flexibility index (Phi) is 4.33. The van der Waals surface area contributed by atoms with E-state index in [0.717, 1.165) is 54.0 Å². The SMILES string of the molecule is CCCc1cc(N2CC(C)CC(C)C2)n2nc3nc(C)cc(C)c3c2n1. The zero-order valence-corrected chi connectivity index (χ0v) is 16.6. The number of hydrogen-bond donors (Lipinski definition) is 0. The van der Waals surface area contributed by atoms with Gasteiger partial charge in [-0.1, -0.05) is 27.2 Å². The number of aryl methyl sites for hydroxylation is 3. The van der Waals surface area contributed by atoms with E-state index in [4.69, 9.17) is 10.1 Å². The number of piperidine rings is 1. The van der Waals surface area contributed by atoms with Gasteiger partial charge in [-0.25, -0.2) is 9.97 Å². The monoisotopic (exact) mass is 351 g/mol. The second-order valence-corrected chi connectivity index (χ2v) is 8.22. The second-order valence-electron chi connectivity index (χ2n) is 8.22. The van der Waals surface area contributed by atoms with Crippen LogP contribution in [0.2, 0.25) is 0 Å². The van der Waals surface area contributed by atoms with Gasteiger partial charge in [-0.05, 0) is 50.2 Å². The summed E-state index contributed by atoms with van der Waals surface area (Å²) in [7, 11) is 0. The average molecular weight is 351 g/mol. The van der Waals surface area contributed by atoms with Gasteiger partial charge in [0.2, 0.25) is 0 Å². The zero-order chi connectivity index (χ0) is 18.4. The molecule has 1 aliphatic heterocycles. The molecule has 0 bridgehead atoms. The lowest BCUT2D eigenvalue weighted by atomic mass is 9.92. The van der Waals surface area contributed by atoms with Crippen molar-refractivity contribution in [1.29, 1.82) is 0 Å². The van der Waals surface area contributed by atoms with Crippen LogP contribution in [0.4, 0.5) is 5.82 Å². The summed E-state index contributed by atoms with van der Waals surface area (Å²) in [6.07, 6.45) is 3.39. The molecule has 2 unspecified atom stereocenters. The minimum Gasteiger partial charge on any atom is -0.356 e. The molecule has 1 aliphatic rings. The van der Waals surface area contributed by atoms with Crippen LogP contribution in [-0.2, 0) is 6.42 Å². The van der Waals surface area contributed by atoms with Crippen molar-refractivity contribution in [2.24, 2.45) is 11.8 Å². The van der Waals surface area contributed by atoms with Crippen LogP contribution in [-0.4, -0.2) is 32.7 Å². The Morgan fingerprint density at radius 2 is 1.81 bits per heavy atom. The van der Waals surface area contributed by atoms with Gasteiger partial charge in [0, 0.05) is 30.5 Å². The number of pyridine rings is 1. The third kappa shape index (κ3) is 2.93. The molecule has 4 rings (SSSR count). The van der Waals surface area contributed by atoms with Gasteiger partial charge >= 0.3 is 0 Å². The van der Waals surface area contributed by atoms with Crippen LogP contribution in [0.25, 0.3) is 16.7 Å². The summed E-state index contributed by atoms with van der Waals surface area (Å²) in [5.74, 6) is 2.57. The Bertz CT molecular complexity index is 948. The van der Waals surface area contributed by atoms with Crippen molar-refractivity contribution in [1.82, 2.24) is 19.6 Å². The van der Waals surface area contributed by atoms with Gasteiger partial charge in [-0.3, -0.25) is 0 Å². The fourth-order valence-corrected chi connectivity index (χ4v) is 4.51. The Balaban J connectivity index is 1.97. The number of fused-ring (bicyclic) bond motifs is 3. The molecular weight excluding hydrogens is 322 g/mol. The van der Waals surface area contributed by atoms with Crippen molar-refractivity contribution < 1.29 is 0 Å². The summed E-state index contributed by atoms with van der Waals surface area (Å²) in [5, 5.41) is 5.96. The van der Waals surface area contributed by atoms with Crippen LogP contribution < -0.4 is 4.90 Å². The molecule has 0 N–H and O–H groups in total. The van der Waals surface area contributed by atoms with Crippen molar-refractivity contribution in [3.63, 3.8) is 0 Å². The molecule has 138 valence electrons. The van der Waals surface area contributed by atoms with Crippen molar-refractivity contribution in [3.8, 4) is 0 Å². The first-order chi connectivity index (χ1) is 12.5. The van der Waals surface area contributed by atoms with Gasteiger partial charge in [-0.2, -0.15) is 4.52 Å². The van der Waals surface area contributed by atoms with E-state index < -0.39 is 0 Å². The van der Waals surface area contributed by atoms with Crippen LogP contribution in [0.15, 0.2) is 12.1 Å². The van der Waals surface area contributed by atoms with Crippen molar-refractivity contribution in [2.75, 3.05) is 18.0 Å². The van der Waals surface area contributed by atoms with E-state index in [2.05, 4.69) is 49.7 Å². The third-order valence-corrected chi connectivity index (χ3v) is 5.41. The molecule has 0 aromatic carbocycles. The zero-order valence-electron chi connectivity index (χ0n) is 16.6. The molecule has 0 radical (unpaired) electrons. The molecule has 0 spiro atoms. The maximum Gasteiger partial charge on any atom is 0.184 e. The smallest absolute Gasteiger partial charge is 0.184 e. The number of hydrogen-bond acceptors (Lipinski definition) is 4. The predicted molar refractivity (Wildman–Crippen MR) is 107 cm³/mol. The summed E-state index contributed by atoms with van der Waals surface area (Å²) in [5.41, 5.74) is 5.13. The summed E-state index contributed by atoms with van der Waals surface area (Å²) < 4.78 is 2.04. The molecule has 3 aromatic heterocycles. The molecule has 0 amide bonds. The average Bonchev–Trinajstić information content (AvgIpc) is 2.91. The summed E-state index contributed by atoms with van der Waals surface area (Å²) in [6, 6.07) is 4.37. The highest BCUT2D eigenvalue weighted by molar-refractivity contribution is 5.93. The molecule has 26 heavy (non-hydrogen) atoms. The second kappa shape index (κ2) is 6.53. The Morgan fingerprint density at radius 1 is 1.08 bits per heavy atom. The first kappa shape index (κ1) is 17.3. The van der Waals surface area contributed by atoms with E-state index >= 15 is 0 Å². The molecule has 1 saturated heterocycles. The van der Waals surface area contributed by atoms with E-state index in [1.54, 1.807) is 0 Å². The lowest BCUT2D eigenvalue weighted by Crippen LogP contribution is -2.39. The fraction of sp³-hybridized carbons (Fsp3) is 0.571. The van der Waals surface area contributed by atoms with Gasteiger partial charge in [0.1, 0.15) is 5.82 Å². The molecule has 2 atom stereocenters. The molecule has 5 nitrogen and oxygen atoms in total. The highest BCUT2D eigenvalue weighted by Gasteiger charge is 2.25. The maximum atomic E-state index is 4.97. The van der Waals surface area contributed by atoms with Gasteiger partial charge in [0.15, 0.2) is 11.3 Å². The highest BCUT2D eigenvalue weighted by atomic mass is 15.4. The molecular formula is C21H29N5. The maximum absolute atomic E-state index is 4.97. The van der Waals surface area contributed by atoms with E-state index in [9.17, 15) is 0 Å². The van der Waals surface area contributed by atoms with E-state index in [0.29, 0.717) is 11.8 Å². The standard InChI is InChI=1S/C21H29N5/c1-6-7-17-10-18(25-11-13(2)8-14(3)12-25)26-21(23-17)19-15(4)9-16(5)22-20(19)24-26/h9-10,13-14H,6-8,11-12H2,1-5H3. The number of nitrogens with zero attached hydrogens (tertiary/aromatic N) is 5. The molecule has 4 heterocycles. The Hall–Kier alpha value is -2.17. The molecule has 1 fully saturated rings. The number of aromatic nitrogens is 4. The predicted octanol–water partition coefficient (Wildman–Crippen LogP) is 4.33. The van der Waals surface area contributed by atoms with E-state index in [-0.39, 0.29) is 0 Å². The van der Waals surface area contributed by atoms with Crippen LogP contribution in [0.5, 0.6) is 0 Å². The lowest BCUT2D eigenvalue weighted by molar-refractivity contribution is 0.354. The minimum atomic E-state index is 0.698. The summed E-state index contributed by atoms with van der Waals surface area (Å²) in [4.78, 5) is 12.1. The van der Waals surface area contributed by atoms with Gasteiger partial charge in [0.05, 0.1) is 5.39 Å². The van der Waals surface area contributed by atoms with Crippen molar-refractivity contribution in [3.05, 3.63) is 29.1 Å². The van der Waals surface area contributed by atoms with Crippen LogP contribution in [0.1, 0.15) is 50.6 Å². The van der Waals surface area contributed by atoms with Gasteiger partial charge in [-0.15, -0.1) is 5.10 Å². The van der Waals surface area contributed by atoms with Gasteiger partial charge < -0.3 is 4.90 Å². The van der Waals surface area contributed by atoms with Crippen LogP contribution in [0.3, 0.4) is 0 Å². The quantitative estimate of drug-likeness (QED) is 0.705. The first-order valence-electron chi connectivity index (χ1n) is 9.87. The highest BCUT2D eigenvalue weighted by Crippen LogP contribution is 2.30. The topological polar surface area (TPSA) is 46.3 Å². The largest absolute Gasteiger partial charge is 0.356 e. The number of rotatable bonds is 3. The molecule has 0 aliphatic carbocycles. The lowest BCUT2D eigenvalue weighted by Gasteiger charge is -2.36. The summed E-state index contributed by atoms with van der Waals surface area (Å²) >= 11 is 0. The minimum absolute atomic E-state index is 0.698. The molecule has 3 aromatic rings. The van der Waals surface area contributed by atoms with Crippen molar-refractivity contribution in [2.45, 2.75) is 53.9 Å². The molecule has 5 heteroatoms. The number of anilines is 1. The normalized spacial score (nSPS) is 21.0. The van der Waals surface area contributed by atoms with E-state index in [1.807, 2.05) is 11.4 Å². The first-order valence-corrected chi connectivity index (χ1v) is 9.87. The summed E-state index contributed by atoms with van der Waals surface area (Å²) in [6.45, 7) is 13.2. The Morgan fingerprint density at radius 3 is 2.50 bits per heavy atom. The van der Waals surface area contributed by atoms with Gasteiger partial charge in [0.25, 0.3) is 0 Å². The van der Waals surface area contributed by atoms with E-state index in [1.165, 1.54) is 17.8 Å². The van der Waals surface area contributed by atoms with Crippen LogP contribution in [0, 0.1) is 25.7 Å². The molecule has 0 saturated carbocycles. The third-order valence-electron chi connectivity index (χ3n) is 5.41. The van der Waals surface area contributed by atoms with Crippen molar-refractivity contribution >= 4 is 22.5 Å². The Labute approximate surface area is 155 Å². The fourth-order valence-electron chi connectivity index (χ4n) is 4.51. The van der Waals surface area contributed by atoms with Crippen LogP contribution >= 0.6 is 0 Å².